The first-order valence-corrected chi connectivity index (χ1v) is 8.50. The zero-order valence-corrected chi connectivity index (χ0v) is 13.6. The number of rotatable bonds is 3. The van der Waals surface area contributed by atoms with E-state index in [1.807, 2.05) is 0 Å². The lowest BCUT2D eigenvalue weighted by Gasteiger charge is -2.39. The summed E-state index contributed by atoms with van der Waals surface area (Å²) in [5.74, 6) is 0.719. The highest BCUT2D eigenvalue weighted by atomic mass is 79.9. The summed E-state index contributed by atoms with van der Waals surface area (Å²) in [6.45, 7) is 5.62. The number of nitrogens with zero attached hydrogens (tertiary/aromatic N) is 2. The Bertz CT molecular complexity index is 451. The number of piperidine rings is 1. The van der Waals surface area contributed by atoms with Crippen LogP contribution in [0.25, 0.3) is 0 Å². The van der Waals surface area contributed by atoms with Gasteiger partial charge in [-0.25, -0.2) is 0 Å². The quantitative estimate of drug-likeness (QED) is 0.920. The van der Waals surface area contributed by atoms with Gasteiger partial charge in [0, 0.05) is 35.8 Å². The van der Waals surface area contributed by atoms with Gasteiger partial charge in [0.25, 0.3) is 0 Å². The predicted molar refractivity (Wildman–Crippen MR) is 88.1 cm³/mol. The normalized spacial score (nSPS) is 28.0. The van der Waals surface area contributed by atoms with Gasteiger partial charge in [0.2, 0.25) is 0 Å². The van der Waals surface area contributed by atoms with Gasteiger partial charge in [-0.15, -0.1) is 0 Å². The topological polar surface area (TPSA) is 32.5 Å². The molecule has 3 nitrogen and oxygen atoms in total. The van der Waals surface area contributed by atoms with E-state index in [4.69, 9.17) is 5.73 Å². The zero-order chi connectivity index (χ0) is 13.9. The minimum Gasteiger partial charge on any atom is -0.370 e. The van der Waals surface area contributed by atoms with Gasteiger partial charge in [-0.1, -0.05) is 22.0 Å². The van der Waals surface area contributed by atoms with Crippen molar-refractivity contribution in [2.75, 3.05) is 37.6 Å². The van der Waals surface area contributed by atoms with Crippen molar-refractivity contribution in [3.8, 4) is 0 Å². The summed E-state index contributed by atoms with van der Waals surface area (Å²) in [6, 6.07) is 9.38. The Hall–Kier alpha value is -0.580. The third-order valence-corrected chi connectivity index (χ3v) is 5.23. The first-order valence-electron chi connectivity index (χ1n) is 7.71. The first-order chi connectivity index (χ1) is 9.76. The van der Waals surface area contributed by atoms with Crippen LogP contribution in [0.5, 0.6) is 0 Å². The Morgan fingerprint density at radius 1 is 1.20 bits per heavy atom. The molecule has 2 fully saturated rings. The molecule has 0 spiro atoms. The number of benzene rings is 1. The van der Waals surface area contributed by atoms with Crippen molar-refractivity contribution in [2.45, 2.75) is 25.3 Å². The second-order valence-electron chi connectivity index (χ2n) is 6.11. The fraction of sp³-hybridized carbons (Fsp3) is 0.625. The van der Waals surface area contributed by atoms with Gasteiger partial charge in [-0.3, -0.25) is 4.90 Å². The lowest BCUT2D eigenvalue weighted by molar-refractivity contribution is 0.209. The van der Waals surface area contributed by atoms with Crippen LogP contribution in [0.2, 0.25) is 0 Å². The molecule has 1 aromatic carbocycles. The van der Waals surface area contributed by atoms with Crippen molar-refractivity contribution in [2.24, 2.45) is 11.7 Å². The molecule has 0 aliphatic carbocycles. The number of hydrogen-bond donors (Lipinski definition) is 1. The Morgan fingerprint density at radius 3 is 2.85 bits per heavy atom. The Labute approximate surface area is 130 Å². The summed E-state index contributed by atoms with van der Waals surface area (Å²) in [5.41, 5.74) is 7.16. The maximum absolute atomic E-state index is 5.82. The molecule has 2 aliphatic heterocycles. The van der Waals surface area contributed by atoms with Crippen molar-refractivity contribution in [3.05, 3.63) is 28.7 Å². The van der Waals surface area contributed by atoms with Gasteiger partial charge in [-0.2, -0.15) is 0 Å². The summed E-state index contributed by atoms with van der Waals surface area (Å²) < 4.78 is 1.17. The molecule has 2 saturated heterocycles. The largest absolute Gasteiger partial charge is 0.370 e. The summed E-state index contributed by atoms with van der Waals surface area (Å²) in [7, 11) is 0. The molecule has 0 amide bonds. The Kier molecular flexibility index (Phi) is 4.64. The van der Waals surface area contributed by atoms with E-state index < -0.39 is 0 Å². The summed E-state index contributed by atoms with van der Waals surface area (Å²) >= 11 is 3.58. The molecule has 4 heteroatoms. The molecule has 0 bridgehead atoms. The number of halogens is 1. The van der Waals surface area contributed by atoms with Crippen LogP contribution >= 0.6 is 15.9 Å². The molecule has 110 valence electrons. The highest BCUT2D eigenvalue weighted by Crippen LogP contribution is 2.27. The monoisotopic (exact) mass is 337 g/mol. The second-order valence-corrected chi connectivity index (χ2v) is 7.02. The Morgan fingerprint density at radius 2 is 2.10 bits per heavy atom. The number of nitrogens with two attached hydrogens (primary N) is 1. The third-order valence-electron chi connectivity index (χ3n) is 4.74. The van der Waals surface area contributed by atoms with E-state index in [9.17, 15) is 0 Å². The molecule has 1 aromatic rings. The van der Waals surface area contributed by atoms with Gasteiger partial charge in [0.05, 0.1) is 0 Å². The van der Waals surface area contributed by atoms with E-state index in [0.717, 1.165) is 19.0 Å². The molecule has 0 radical (unpaired) electrons. The van der Waals surface area contributed by atoms with Crippen LogP contribution in [0.15, 0.2) is 28.7 Å². The van der Waals surface area contributed by atoms with Gasteiger partial charge in [0.15, 0.2) is 0 Å². The summed E-state index contributed by atoms with van der Waals surface area (Å²) in [6.07, 6.45) is 3.91. The molecular formula is C16H24BrN3. The third kappa shape index (κ3) is 3.18. The maximum Gasteiger partial charge on any atom is 0.0378 e. The highest BCUT2D eigenvalue weighted by Gasteiger charge is 2.30. The van der Waals surface area contributed by atoms with E-state index in [0.29, 0.717) is 6.04 Å². The lowest BCUT2D eigenvalue weighted by atomic mass is 10.0. The molecule has 2 N–H and O–H groups in total. The maximum atomic E-state index is 5.82. The molecule has 2 aliphatic rings. The molecular weight excluding hydrogens is 314 g/mol. The van der Waals surface area contributed by atoms with Crippen LogP contribution in [-0.4, -0.2) is 43.7 Å². The van der Waals surface area contributed by atoms with Crippen LogP contribution in [0.3, 0.4) is 0 Å². The standard InChI is InChI=1S/C16H24BrN3/c17-14-3-1-4-15(9-14)19-7-2-5-16(12-19)20-8-6-13(10-18)11-20/h1,3-4,9,13,16H,2,5-8,10-12,18H2. The van der Waals surface area contributed by atoms with Crippen LogP contribution in [0.1, 0.15) is 19.3 Å². The zero-order valence-electron chi connectivity index (χ0n) is 12.0. The number of anilines is 1. The van der Waals surface area contributed by atoms with Crippen molar-refractivity contribution >= 4 is 21.6 Å². The van der Waals surface area contributed by atoms with Crippen molar-refractivity contribution < 1.29 is 0 Å². The molecule has 0 saturated carbocycles. The van der Waals surface area contributed by atoms with E-state index >= 15 is 0 Å². The molecule has 20 heavy (non-hydrogen) atoms. The summed E-state index contributed by atoms with van der Waals surface area (Å²) in [5, 5.41) is 0. The molecule has 3 rings (SSSR count). The van der Waals surface area contributed by atoms with Gasteiger partial charge in [0.1, 0.15) is 0 Å². The minimum atomic E-state index is 0.708. The number of likely N-dealkylation sites (tertiary alicyclic amines) is 1. The van der Waals surface area contributed by atoms with Crippen molar-refractivity contribution in [1.82, 2.24) is 4.90 Å². The fourth-order valence-corrected chi connectivity index (χ4v) is 3.93. The van der Waals surface area contributed by atoms with E-state index in [1.165, 1.54) is 49.1 Å². The van der Waals surface area contributed by atoms with Crippen LogP contribution in [0, 0.1) is 5.92 Å². The van der Waals surface area contributed by atoms with Gasteiger partial charge >= 0.3 is 0 Å². The van der Waals surface area contributed by atoms with Crippen molar-refractivity contribution in [3.63, 3.8) is 0 Å². The molecule has 2 atom stereocenters. The molecule has 2 unspecified atom stereocenters. The first kappa shape index (κ1) is 14.4. The smallest absolute Gasteiger partial charge is 0.0378 e. The minimum absolute atomic E-state index is 0.708. The molecule has 2 heterocycles. The van der Waals surface area contributed by atoms with Crippen LogP contribution in [0.4, 0.5) is 5.69 Å². The van der Waals surface area contributed by atoms with Crippen LogP contribution in [-0.2, 0) is 0 Å². The average Bonchev–Trinajstić information content (AvgIpc) is 2.96. The van der Waals surface area contributed by atoms with Crippen LogP contribution < -0.4 is 10.6 Å². The average molecular weight is 338 g/mol. The Balaban J connectivity index is 1.65. The van der Waals surface area contributed by atoms with Crippen molar-refractivity contribution in [1.29, 1.82) is 0 Å². The molecule has 0 aromatic heterocycles. The SMILES string of the molecule is NCC1CCN(C2CCCN(c3cccc(Br)c3)C2)C1. The fourth-order valence-electron chi connectivity index (χ4n) is 3.55. The lowest BCUT2D eigenvalue weighted by Crippen LogP contribution is -2.47. The highest BCUT2D eigenvalue weighted by molar-refractivity contribution is 9.10. The van der Waals surface area contributed by atoms with Gasteiger partial charge < -0.3 is 10.6 Å². The van der Waals surface area contributed by atoms with E-state index in [2.05, 4.69) is 50.0 Å². The second kappa shape index (κ2) is 6.46. The van der Waals surface area contributed by atoms with E-state index in [-0.39, 0.29) is 0 Å². The number of hydrogen-bond acceptors (Lipinski definition) is 3. The predicted octanol–water partition coefficient (Wildman–Crippen LogP) is 2.70. The van der Waals surface area contributed by atoms with Gasteiger partial charge in [-0.05, 0) is 56.5 Å². The summed E-state index contributed by atoms with van der Waals surface area (Å²) in [4.78, 5) is 5.20. The van der Waals surface area contributed by atoms with E-state index in [1.54, 1.807) is 0 Å².